The Kier molecular flexibility index (Phi) is 7.91. The zero-order chi connectivity index (χ0) is 23.4. The number of benzene rings is 2. The number of amides is 2. The van der Waals surface area contributed by atoms with Crippen molar-refractivity contribution in [3.05, 3.63) is 69.2 Å². The summed E-state index contributed by atoms with van der Waals surface area (Å²) in [6.45, 7) is 6.23. The Morgan fingerprint density at radius 1 is 0.970 bits per heavy atom. The molecule has 2 amide bonds. The Balaban J connectivity index is 1.34. The minimum absolute atomic E-state index is 0.126. The van der Waals surface area contributed by atoms with E-state index in [2.05, 4.69) is 34.3 Å². The van der Waals surface area contributed by atoms with E-state index in [4.69, 9.17) is 23.2 Å². The van der Waals surface area contributed by atoms with Crippen LogP contribution in [0.4, 0.5) is 0 Å². The smallest absolute Gasteiger partial charge is 0.254 e. The van der Waals surface area contributed by atoms with Crippen molar-refractivity contribution in [1.82, 2.24) is 20.0 Å². The lowest BCUT2D eigenvalue weighted by Crippen LogP contribution is -2.45. The van der Waals surface area contributed by atoms with E-state index >= 15 is 0 Å². The first-order valence-corrected chi connectivity index (χ1v) is 12.2. The number of rotatable bonds is 6. The first-order valence-electron chi connectivity index (χ1n) is 11.4. The molecule has 2 fully saturated rings. The van der Waals surface area contributed by atoms with Crippen LogP contribution in [0.1, 0.15) is 34.3 Å². The van der Waals surface area contributed by atoms with Gasteiger partial charge >= 0.3 is 0 Å². The molecule has 0 spiro atoms. The van der Waals surface area contributed by atoms with E-state index in [0.717, 1.165) is 44.7 Å². The molecule has 2 aromatic rings. The largest absolute Gasteiger partial charge is 0.350 e. The number of carbonyl (C=O) groups excluding carboxylic acids is 2. The molecule has 0 radical (unpaired) electrons. The van der Waals surface area contributed by atoms with Crippen molar-refractivity contribution in [3.8, 4) is 0 Å². The highest BCUT2D eigenvalue weighted by Gasteiger charge is 2.34. The fourth-order valence-corrected chi connectivity index (χ4v) is 5.06. The van der Waals surface area contributed by atoms with Crippen molar-refractivity contribution in [2.45, 2.75) is 32.0 Å². The zero-order valence-electron chi connectivity index (χ0n) is 18.9. The average molecular weight is 489 g/mol. The first kappa shape index (κ1) is 24.0. The van der Waals surface area contributed by atoms with Crippen LogP contribution in [0.15, 0.2) is 42.5 Å². The number of likely N-dealkylation sites (N-methyl/N-ethyl adjacent to an activating group) is 1. The van der Waals surface area contributed by atoms with Gasteiger partial charge in [0, 0.05) is 61.4 Å². The number of nitrogens with zero attached hydrogens (tertiary/aromatic N) is 3. The molecular weight excluding hydrogens is 459 g/mol. The van der Waals surface area contributed by atoms with Crippen LogP contribution in [0.5, 0.6) is 0 Å². The van der Waals surface area contributed by atoms with Gasteiger partial charge in [-0.1, -0.05) is 47.5 Å². The molecule has 2 aliphatic heterocycles. The highest BCUT2D eigenvalue weighted by Crippen LogP contribution is 2.24. The Hall–Kier alpha value is -2.12. The monoisotopic (exact) mass is 488 g/mol. The van der Waals surface area contributed by atoms with Crippen molar-refractivity contribution in [3.63, 3.8) is 0 Å². The molecule has 0 aromatic heterocycles. The van der Waals surface area contributed by atoms with Gasteiger partial charge in [-0.15, -0.1) is 0 Å². The molecule has 2 aromatic carbocycles. The van der Waals surface area contributed by atoms with E-state index in [1.54, 1.807) is 23.1 Å². The van der Waals surface area contributed by atoms with Crippen LogP contribution in [0.3, 0.4) is 0 Å². The van der Waals surface area contributed by atoms with E-state index in [-0.39, 0.29) is 11.8 Å². The molecule has 4 rings (SSSR count). The average Bonchev–Trinajstić information content (AvgIpc) is 3.28. The van der Waals surface area contributed by atoms with Crippen molar-refractivity contribution in [2.24, 2.45) is 0 Å². The molecule has 1 unspecified atom stereocenters. The number of halogens is 2. The second kappa shape index (κ2) is 10.9. The maximum absolute atomic E-state index is 13.0. The van der Waals surface area contributed by atoms with Crippen molar-refractivity contribution in [1.29, 1.82) is 0 Å². The molecule has 6 nitrogen and oxygen atoms in total. The standard InChI is InChI=1S/C25H30Cl2N4O2/c1-29-8-10-30(11-9-29)17-19-5-2-4-18(12-19)16-28-24(32)23-6-3-7-31(23)25(33)20-13-21(26)15-22(27)14-20/h2,4-5,12-15,23H,3,6-11,16-17H2,1H3,(H,28,32). The first-order chi connectivity index (χ1) is 15.9. The van der Waals surface area contributed by atoms with E-state index in [1.165, 1.54) is 5.56 Å². The molecule has 1 atom stereocenters. The summed E-state index contributed by atoms with van der Waals surface area (Å²) in [5.41, 5.74) is 2.72. The fraction of sp³-hybridized carbons (Fsp3) is 0.440. The third-order valence-corrected chi connectivity index (χ3v) is 6.82. The molecule has 0 bridgehead atoms. The Bertz CT molecular complexity index is 987. The third kappa shape index (κ3) is 6.27. The van der Waals surface area contributed by atoms with Gasteiger partial charge in [0.05, 0.1) is 0 Å². The molecule has 0 aliphatic carbocycles. The number of likely N-dealkylation sites (tertiary alicyclic amines) is 1. The van der Waals surface area contributed by atoms with Gasteiger partial charge < -0.3 is 15.1 Å². The van der Waals surface area contributed by atoms with Crippen LogP contribution in [0, 0.1) is 0 Å². The fourth-order valence-electron chi connectivity index (χ4n) is 4.53. The quantitative estimate of drug-likeness (QED) is 0.673. The van der Waals surface area contributed by atoms with Crippen LogP contribution in [0.2, 0.25) is 10.0 Å². The van der Waals surface area contributed by atoms with Gasteiger partial charge in [-0.25, -0.2) is 0 Å². The molecule has 2 saturated heterocycles. The SMILES string of the molecule is CN1CCN(Cc2cccc(CNC(=O)C3CCCN3C(=O)c3cc(Cl)cc(Cl)c3)c2)CC1. The summed E-state index contributed by atoms with van der Waals surface area (Å²) in [5, 5.41) is 3.84. The van der Waals surface area contributed by atoms with Gasteiger partial charge in [-0.05, 0) is 49.2 Å². The summed E-state index contributed by atoms with van der Waals surface area (Å²) in [4.78, 5) is 32.4. The maximum Gasteiger partial charge on any atom is 0.254 e. The van der Waals surface area contributed by atoms with Gasteiger partial charge in [-0.2, -0.15) is 0 Å². The molecule has 2 aliphatic rings. The summed E-state index contributed by atoms with van der Waals surface area (Å²) in [5.74, 6) is -0.343. The van der Waals surface area contributed by atoms with Crippen LogP contribution < -0.4 is 5.32 Å². The summed E-state index contributed by atoms with van der Waals surface area (Å²) >= 11 is 12.1. The summed E-state index contributed by atoms with van der Waals surface area (Å²) < 4.78 is 0. The lowest BCUT2D eigenvalue weighted by Gasteiger charge is -2.32. The van der Waals surface area contributed by atoms with Crippen molar-refractivity contribution >= 4 is 35.0 Å². The molecule has 33 heavy (non-hydrogen) atoms. The predicted octanol–water partition coefficient (Wildman–Crippen LogP) is 3.66. The Morgan fingerprint density at radius 2 is 1.67 bits per heavy atom. The summed E-state index contributed by atoms with van der Waals surface area (Å²) in [7, 11) is 2.16. The number of hydrogen-bond donors (Lipinski definition) is 1. The highest BCUT2D eigenvalue weighted by molar-refractivity contribution is 6.35. The lowest BCUT2D eigenvalue weighted by molar-refractivity contribution is -0.125. The van der Waals surface area contributed by atoms with Crippen LogP contribution in [-0.2, 0) is 17.9 Å². The minimum Gasteiger partial charge on any atom is -0.350 e. The van der Waals surface area contributed by atoms with Crippen LogP contribution >= 0.6 is 23.2 Å². The van der Waals surface area contributed by atoms with E-state index in [1.807, 2.05) is 12.1 Å². The van der Waals surface area contributed by atoms with Crippen molar-refractivity contribution < 1.29 is 9.59 Å². The second-order valence-electron chi connectivity index (χ2n) is 8.93. The van der Waals surface area contributed by atoms with Gasteiger partial charge in [0.25, 0.3) is 5.91 Å². The van der Waals surface area contributed by atoms with Crippen LogP contribution in [0.25, 0.3) is 0 Å². The van der Waals surface area contributed by atoms with E-state index < -0.39 is 6.04 Å². The molecular formula is C25H30Cl2N4O2. The molecule has 176 valence electrons. The highest BCUT2D eigenvalue weighted by atomic mass is 35.5. The minimum atomic E-state index is -0.483. The second-order valence-corrected chi connectivity index (χ2v) is 9.80. The molecule has 0 saturated carbocycles. The Labute approximate surface area is 205 Å². The molecule has 8 heteroatoms. The van der Waals surface area contributed by atoms with Gasteiger partial charge in [0.15, 0.2) is 0 Å². The summed E-state index contributed by atoms with van der Waals surface area (Å²) in [6, 6.07) is 12.7. The normalized spacial score (nSPS) is 19.6. The number of piperazine rings is 1. The number of nitrogens with one attached hydrogen (secondary N) is 1. The van der Waals surface area contributed by atoms with Gasteiger partial charge in [0.1, 0.15) is 6.04 Å². The lowest BCUT2D eigenvalue weighted by atomic mass is 10.1. The van der Waals surface area contributed by atoms with E-state index in [0.29, 0.717) is 35.1 Å². The topological polar surface area (TPSA) is 55.9 Å². The van der Waals surface area contributed by atoms with Gasteiger partial charge in [0.2, 0.25) is 5.91 Å². The van der Waals surface area contributed by atoms with E-state index in [9.17, 15) is 9.59 Å². The summed E-state index contributed by atoms with van der Waals surface area (Å²) in [6.07, 6.45) is 1.44. The predicted molar refractivity (Wildman–Crippen MR) is 132 cm³/mol. The van der Waals surface area contributed by atoms with Crippen molar-refractivity contribution in [2.75, 3.05) is 39.8 Å². The molecule has 2 heterocycles. The van der Waals surface area contributed by atoms with Crippen LogP contribution in [-0.4, -0.2) is 72.3 Å². The Morgan fingerprint density at radius 3 is 2.39 bits per heavy atom. The number of hydrogen-bond acceptors (Lipinski definition) is 4. The zero-order valence-corrected chi connectivity index (χ0v) is 20.4. The third-order valence-electron chi connectivity index (χ3n) is 6.39. The number of carbonyl (C=O) groups is 2. The maximum atomic E-state index is 13.0. The molecule has 1 N–H and O–H groups in total. The van der Waals surface area contributed by atoms with Gasteiger partial charge in [-0.3, -0.25) is 14.5 Å².